The van der Waals surface area contributed by atoms with E-state index in [1.807, 2.05) is 18.2 Å². The highest BCUT2D eigenvalue weighted by Crippen LogP contribution is 2.52. The average Bonchev–Trinajstić information content (AvgIpc) is 3.21. The standard InChI is InChI=1S/C22H25ClN4O3S/c1-31(28,29)27-8-6-16(7-9-27)15-2-4-18(5-3-15)30-14-21-19-12-26(13-20(19)21)22-24-10-17(23)11-25-22/h2-6,10-11,19-21H,7-9,12-14H2,1H3/t19-,20?,21+/m1/s1. The van der Waals surface area contributed by atoms with Gasteiger partial charge in [0.05, 0.1) is 30.3 Å². The number of nitrogens with zero attached hydrogens (tertiary/aromatic N) is 4. The van der Waals surface area contributed by atoms with Crippen molar-refractivity contribution in [1.82, 2.24) is 14.3 Å². The lowest BCUT2D eigenvalue weighted by Gasteiger charge is -2.24. The Labute approximate surface area is 187 Å². The molecule has 1 aromatic heterocycles. The number of benzene rings is 1. The molecule has 1 saturated carbocycles. The molecule has 0 bridgehead atoms. The maximum atomic E-state index is 11.6. The van der Waals surface area contributed by atoms with Crippen molar-refractivity contribution in [3.8, 4) is 5.75 Å². The Hall–Kier alpha value is -2.16. The lowest BCUT2D eigenvalue weighted by molar-refractivity contribution is 0.283. The fourth-order valence-corrected chi connectivity index (χ4v) is 5.57. The number of anilines is 1. The number of rotatable bonds is 6. The number of sulfonamides is 1. The Morgan fingerprint density at radius 1 is 1.13 bits per heavy atom. The number of hydrogen-bond donors (Lipinski definition) is 0. The van der Waals surface area contributed by atoms with Crippen LogP contribution >= 0.6 is 11.6 Å². The molecular weight excluding hydrogens is 436 g/mol. The molecule has 2 aliphatic heterocycles. The molecule has 3 atom stereocenters. The van der Waals surface area contributed by atoms with Gasteiger partial charge in [-0.1, -0.05) is 29.8 Å². The van der Waals surface area contributed by atoms with Crippen molar-refractivity contribution in [3.63, 3.8) is 0 Å². The summed E-state index contributed by atoms with van der Waals surface area (Å²) in [7, 11) is -3.12. The summed E-state index contributed by atoms with van der Waals surface area (Å²) < 4.78 is 30.8. The number of ether oxygens (including phenoxy) is 1. The molecular formula is C22H25ClN4O3S. The van der Waals surface area contributed by atoms with Crippen LogP contribution in [0.15, 0.2) is 42.7 Å². The molecule has 7 nitrogen and oxygen atoms in total. The third-order valence-electron chi connectivity index (χ3n) is 6.57. The molecule has 0 N–H and O–H groups in total. The van der Waals surface area contributed by atoms with Gasteiger partial charge in [-0.2, -0.15) is 4.31 Å². The van der Waals surface area contributed by atoms with E-state index in [9.17, 15) is 8.42 Å². The third-order valence-corrected chi connectivity index (χ3v) is 8.03. The van der Waals surface area contributed by atoms with Crippen LogP contribution in [0.4, 0.5) is 5.95 Å². The van der Waals surface area contributed by atoms with Crippen molar-refractivity contribution < 1.29 is 13.2 Å². The maximum Gasteiger partial charge on any atom is 0.225 e. The first kappa shape index (κ1) is 20.7. The molecule has 1 saturated heterocycles. The summed E-state index contributed by atoms with van der Waals surface area (Å²) in [6.07, 6.45) is 7.27. The Morgan fingerprint density at radius 3 is 2.39 bits per heavy atom. The van der Waals surface area contributed by atoms with Gasteiger partial charge in [0.15, 0.2) is 0 Å². The fraction of sp³-hybridized carbons (Fsp3) is 0.455. The van der Waals surface area contributed by atoms with E-state index in [-0.39, 0.29) is 0 Å². The van der Waals surface area contributed by atoms with Crippen molar-refractivity contribution >= 4 is 33.1 Å². The summed E-state index contributed by atoms with van der Waals surface area (Å²) in [4.78, 5) is 10.8. The molecule has 1 unspecified atom stereocenters. The van der Waals surface area contributed by atoms with Crippen LogP contribution in [0.5, 0.6) is 5.75 Å². The topological polar surface area (TPSA) is 75.6 Å². The zero-order valence-electron chi connectivity index (χ0n) is 17.3. The number of fused-ring (bicyclic) bond motifs is 1. The predicted octanol–water partition coefficient (Wildman–Crippen LogP) is 2.94. The zero-order chi connectivity index (χ0) is 21.6. The van der Waals surface area contributed by atoms with E-state index in [1.165, 1.54) is 16.1 Å². The summed E-state index contributed by atoms with van der Waals surface area (Å²) in [5.74, 6) is 3.50. The van der Waals surface area contributed by atoms with E-state index < -0.39 is 10.0 Å². The summed E-state index contributed by atoms with van der Waals surface area (Å²) >= 11 is 5.87. The van der Waals surface area contributed by atoms with Crippen LogP contribution in [-0.2, 0) is 10.0 Å². The number of halogens is 1. The minimum absolute atomic E-state index is 0.439. The molecule has 0 spiro atoms. The second-order valence-electron chi connectivity index (χ2n) is 8.53. The fourth-order valence-electron chi connectivity index (χ4n) is 4.70. The summed E-state index contributed by atoms with van der Waals surface area (Å²) in [6, 6.07) is 8.13. The molecule has 0 radical (unpaired) electrons. The molecule has 3 heterocycles. The summed E-state index contributed by atoms with van der Waals surface area (Å²) in [5.41, 5.74) is 2.31. The van der Waals surface area contributed by atoms with E-state index >= 15 is 0 Å². The lowest BCUT2D eigenvalue weighted by Crippen LogP contribution is -2.33. The Morgan fingerprint density at radius 2 is 1.81 bits per heavy atom. The van der Waals surface area contributed by atoms with Crippen molar-refractivity contribution in [3.05, 3.63) is 53.3 Å². The van der Waals surface area contributed by atoms with Gasteiger partial charge in [0.25, 0.3) is 0 Å². The molecule has 5 rings (SSSR count). The van der Waals surface area contributed by atoms with Crippen LogP contribution in [0.1, 0.15) is 12.0 Å². The molecule has 164 valence electrons. The Kier molecular flexibility index (Phi) is 5.40. The van der Waals surface area contributed by atoms with Gasteiger partial charge in [-0.15, -0.1) is 0 Å². The largest absolute Gasteiger partial charge is 0.493 e. The molecule has 31 heavy (non-hydrogen) atoms. The first-order valence-electron chi connectivity index (χ1n) is 10.5. The molecule has 1 aliphatic carbocycles. The smallest absolute Gasteiger partial charge is 0.225 e. The number of aromatic nitrogens is 2. The maximum absolute atomic E-state index is 11.6. The van der Waals surface area contributed by atoms with Gasteiger partial charge >= 0.3 is 0 Å². The van der Waals surface area contributed by atoms with Crippen LogP contribution in [0, 0.1) is 17.8 Å². The average molecular weight is 461 g/mol. The van der Waals surface area contributed by atoms with Crippen molar-refractivity contribution in [1.29, 1.82) is 0 Å². The van der Waals surface area contributed by atoms with E-state index in [4.69, 9.17) is 16.3 Å². The Balaban J connectivity index is 1.11. The third kappa shape index (κ3) is 4.42. The molecule has 3 aliphatic rings. The van der Waals surface area contributed by atoms with Crippen LogP contribution in [0.25, 0.3) is 5.57 Å². The second kappa shape index (κ2) is 8.07. The monoisotopic (exact) mass is 460 g/mol. The Bertz CT molecular complexity index is 1080. The summed E-state index contributed by atoms with van der Waals surface area (Å²) in [5, 5.41) is 0.557. The SMILES string of the molecule is CS(=O)(=O)N1CC=C(c2ccc(OC[C@@H]3C4CN(c5ncc(Cl)cn5)C[C@H]43)cc2)CC1. The summed E-state index contributed by atoms with van der Waals surface area (Å²) in [6.45, 7) is 3.65. The van der Waals surface area contributed by atoms with Gasteiger partial charge in [0, 0.05) is 32.1 Å². The molecule has 2 aromatic rings. The minimum atomic E-state index is -3.12. The van der Waals surface area contributed by atoms with Gasteiger partial charge in [0.2, 0.25) is 16.0 Å². The van der Waals surface area contributed by atoms with Gasteiger partial charge in [-0.25, -0.2) is 18.4 Å². The first-order valence-corrected chi connectivity index (χ1v) is 12.7. The van der Waals surface area contributed by atoms with E-state index in [0.717, 1.165) is 43.4 Å². The van der Waals surface area contributed by atoms with Crippen LogP contribution in [0.3, 0.4) is 0 Å². The molecule has 9 heteroatoms. The van der Waals surface area contributed by atoms with E-state index in [0.29, 0.717) is 35.9 Å². The normalized spacial score (nSPS) is 25.8. The van der Waals surface area contributed by atoms with Crippen LogP contribution in [-0.4, -0.2) is 61.7 Å². The van der Waals surface area contributed by atoms with E-state index in [1.54, 1.807) is 12.4 Å². The minimum Gasteiger partial charge on any atom is -0.493 e. The number of hydrogen-bond acceptors (Lipinski definition) is 6. The molecule has 1 aromatic carbocycles. The quantitative estimate of drug-likeness (QED) is 0.659. The van der Waals surface area contributed by atoms with E-state index in [2.05, 4.69) is 27.0 Å². The zero-order valence-corrected chi connectivity index (χ0v) is 18.9. The van der Waals surface area contributed by atoms with Gasteiger partial charge in [0.1, 0.15) is 5.75 Å². The first-order chi connectivity index (χ1) is 14.9. The van der Waals surface area contributed by atoms with Crippen LogP contribution < -0.4 is 9.64 Å². The predicted molar refractivity (Wildman–Crippen MR) is 121 cm³/mol. The molecule has 2 fully saturated rings. The van der Waals surface area contributed by atoms with Crippen molar-refractivity contribution in [2.45, 2.75) is 6.42 Å². The highest BCUT2D eigenvalue weighted by molar-refractivity contribution is 7.88. The van der Waals surface area contributed by atoms with Crippen molar-refractivity contribution in [2.75, 3.05) is 43.9 Å². The number of piperidine rings is 1. The second-order valence-corrected chi connectivity index (χ2v) is 11.0. The van der Waals surface area contributed by atoms with Crippen LogP contribution in [0.2, 0.25) is 5.02 Å². The lowest BCUT2D eigenvalue weighted by atomic mass is 10.0. The van der Waals surface area contributed by atoms with Gasteiger partial charge in [-0.05, 0) is 41.5 Å². The highest BCUT2D eigenvalue weighted by atomic mass is 35.5. The highest BCUT2D eigenvalue weighted by Gasteiger charge is 2.56. The van der Waals surface area contributed by atoms with Gasteiger partial charge in [-0.3, -0.25) is 0 Å². The van der Waals surface area contributed by atoms with Crippen molar-refractivity contribution in [2.24, 2.45) is 17.8 Å². The van der Waals surface area contributed by atoms with Gasteiger partial charge < -0.3 is 9.64 Å². The molecule has 0 amide bonds.